The molecule has 0 aliphatic heterocycles. The summed E-state index contributed by atoms with van der Waals surface area (Å²) in [6.45, 7) is -1.77. The van der Waals surface area contributed by atoms with Crippen molar-refractivity contribution in [2.75, 3.05) is 0 Å². The van der Waals surface area contributed by atoms with Gasteiger partial charge in [0.15, 0.2) is 9.76 Å². The lowest BCUT2D eigenvalue weighted by molar-refractivity contribution is -0.180. The molecular formula is C10H13F3O3Si. The zero-order chi connectivity index (χ0) is 12.9. The van der Waals surface area contributed by atoms with Crippen molar-refractivity contribution in [1.82, 2.24) is 0 Å². The van der Waals surface area contributed by atoms with Crippen molar-refractivity contribution in [3.63, 3.8) is 0 Å². The molecule has 0 aliphatic rings. The van der Waals surface area contributed by atoms with E-state index in [0.29, 0.717) is 18.0 Å². The summed E-state index contributed by atoms with van der Waals surface area (Å²) >= 11 is 0. The molecule has 1 aromatic carbocycles. The van der Waals surface area contributed by atoms with E-state index in [1.54, 1.807) is 6.07 Å². The van der Waals surface area contributed by atoms with Gasteiger partial charge in [0.1, 0.15) is 0 Å². The van der Waals surface area contributed by atoms with Crippen LogP contribution in [0.5, 0.6) is 0 Å². The molecule has 0 amide bonds. The number of benzene rings is 1. The number of hydrogen-bond donors (Lipinski definition) is 2. The first kappa shape index (κ1) is 14.2. The highest BCUT2D eigenvalue weighted by molar-refractivity contribution is 6.27. The minimum Gasteiger partial charge on any atom is -0.379 e. The average molecular weight is 266 g/mol. The molecule has 0 saturated carbocycles. The van der Waals surface area contributed by atoms with Gasteiger partial charge in [-0.1, -0.05) is 18.2 Å². The number of rotatable bonds is 5. The first-order valence-electron chi connectivity index (χ1n) is 5.03. The Morgan fingerprint density at radius 2 is 2.00 bits per heavy atom. The van der Waals surface area contributed by atoms with Crippen molar-refractivity contribution in [2.24, 2.45) is 0 Å². The summed E-state index contributed by atoms with van der Waals surface area (Å²) in [5.74, 6) is 0. The van der Waals surface area contributed by atoms with Gasteiger partial charge in [0.25, 0.3) is 6.48 Å². The number of aliphatic hydroxyl groups excluding tert-OH is 1. The lowest BCUT2D eigenvalue weighted by Crippen LogP contribution is -2.13. The van der Waals surface area contributed by atoms with E-state index in [1.165, 1.54) is 6.07 Å². The van der Waals surface area contributed by atoms with Crippen LogP contribution in [0.3, 0.4) is 0 Å². The van der Waals surface area contributed by atoms with Crippen LogP contribution in [0.2, 0.25) is 6.04 Å². The molecule has 0 atom stereocenters. The molecule has 3 nitrogen and oxygen atoms in total. The Morgan fingerprint density at radius 1 is 1.29 bits per heavy atom. The highest BCUT2D eigenvalue weighted by atomic mass is 28.2. The van der Waals surface area contributed by atoms with Crippen LogP contribution in [0.4, 0.5) is 13.2 Å². The van der Waals surface area contributed by atoms with E-state index in [0.717, 1.165) is 12.1 Å². The van der Waals surface area contributed by atoms with E-state index in [-0.39, 0.29) is 0 Å². The quantitative estimate of drug-likeness (QED) is 0.475. The van der Waals surface area contributed by atoms with Gasteiger partial charge < -0.3 is 14.6 Å². The first-order valence-corrected chi connectivity index (χ1v) is 6.61. The van der Waals surface area contributed by atoms with Crippen LogP contribution in [0.1, 0.15) is 11.1 Å². The fourth-order valence-corrected chi connectivity index (χ4v) is 2.30. The van der Waals surface area contributed by atoms with Crippen LogP contribution >= 0.6 is 0 Å². The molecule has 17 heavy (non-hydrogen) atoms. The van der Waals surface area contributed by atoms with Gasteiger partial charge in [0.2, 0.25) is 0 Å². The molecule has 0 aromatic heterocycles. The van der Waals surface area contributed by atoms with Crippen molar-refractivity contribution >= 4 is 9.76 Å². The van der Waals surface area contributed by atoms with E-state index in [1.807, 2.05) is 0 Å². The average Bonchev–Trinajstić information content (AvgIpc) is 2.23. The van der Waals surface area contributed by atoms with Gasteiger partial charge in [0.05, 0.1) is 5.56 Å². The summed E-state index contributed by atoms with van der Waals surface area (Å²) in [6.07, 6.45) is -3.88. The molecule has 96 valence electrons. The van der Waals surface area contributed by atoms with Gasteiger partial charge in [-0.05, 0) is 24.1 Å². The maximum Gasteiger partial charge on any atom is 0.416 e. The maximum absolute atomic E-state index is 12.4. The Hall–Kier alpha value is -0.893. The maximum atomic E-state index is 12.4. The molecule has 0 bridgehead atoms. The van der Waals surface area contributed by atoms with Crippen LogP contribution in [-0.2, 0) is 17.0 Å². The second-order valence-electron chi connectivity index (χ2n) is 3.50. The van der Waals surface area contributed by atoms with Crippen molar-refractivity contribution in [1.29, 1.82) is 0 Å². The van der Waals surface area contributed by atoms with E-state index >= 15 is 0 Å². The molecule has 0 heterocycles. The van der Waals surface area contributed by atoms with Gasteiger partial charge >= 0.3 is 6.18 Å². The Bertz CT molecular complexity index is 355. The van der Waals surface area contributed by atoms with Crippen LogP contribution in [0.15, 0.2) is 24.3 Å². The second kappa shape index (κ2) is 6.15. The summed E-state index contributed by atoms with van der Waals surface area (Å²) in [4.78, 5) is 0. The zero-order valence-electron chi connectivity index (χ0n) is 8.94. The molecule has 0 unspecified atom stereocenters. The van der Waals surface area contributed by atoms with E-state index in [2.05, 4.69) is 4.43 Å². The molecule has 0 saturated heterocycles. The van der Waals surface area contributed by atoms with Crippen molar-refractivity contribution in [3.8, 4) is 0 Å². The number of halogens is 3. The fraction of sp³-hybridized carbons (Fsp3) is 0.400. The summed E-state index contributed by atoms with van der Waals surface area (Å²) in [6, 6.07) is 5.65. The summed E-state index contributed by atoms with van der Waals surface area (Å²) in [5.41, 5.74) is -0.0943. The third-order valence-corrected chi connectivity index (χ3v) is 3.31. The first-order chi connectivity index (χ1) is 7.89. The number of aliphatic hydroxyl groups is 2. The van der Waals surface area contributed by atoms with E-state index in [9.17, 15) is 13.2 Å². The molecular weight excluding hydrogens is 253 g/mol. The van der Waals surface area contributed by atoms with Gasteiger partial charge in [0, 0.05) is 0 Å². The van der Waals surface area contributed by atoms with Crippen LogP contribution < -0.4 is 0 Å². The molecule has 1 aromatic rings. The predicted molar refractivity (Wildman–Crippen MR) is 57.8 cm³/mol. The minimum absolute atomic E-state index is 0.447. The van der Waals surface area contributed by atoms with Crippen LogP contribution in [0.25, 0.3) is 0 Å². The third-order valence-electron chi connectivity index (χ3n) is 2.13. The van der Waals surface area contributed by atoms with Crippen molar-refractivity contribution in [2.45, 2.75) is 25.1 Å². The number of aryl methyl sites for hydroxylation is 1. The molecule has 0 fully saturated rings. The number of alkyl halides is 3. The SMILES string of the molecule is OC(O)O[SiH2]CCc1cccc(C(F)(F)F)c1. The highest BCUT2D eigenvalue weighted by Crippen LogP contribution is 2.29. The monoisotopic (exact) mass is 266 g/mol. The second-order valence-corrected chi connectivity index (χ2v) is 4.95. The van der Waals surface area contributed by atoms with Crippen molar-refractivity contribution < 1.29 is 27.8 Å². The zero-order valence-corrected chi connectivity index (χ0v) is 10.4. The molecule has 1 rings (SSSR count). The molecule has 7 heteroatoms. The Labute approximate surface area is 98.8 Å². The molecule has 0 spiro atoms. The largest absolute Gasteiger partial charge is 0.416 e. The normalized spacial score (nSPS) is 12.8. The van der Waals surface area contributed by atoms with Crippen LogP contribution in [-0.4, -0.2) is 26.5 Å². The molecule has 0 radical (unpaired) electrons. The number of hydrogen-bond acceptors (Lipinski definition) is 3. The Kier molecular flexibility index (Phi) is 5.13. The highest BCUT2D eigenvalue weighted by Gasteiger charge is 2.30. The smallest absolute Gasteiger partial charge is 0.379 e. The standard InChI is InChI=1S/C10H13F3O3Si/c11-10(12,13)8-3-1-2-7(6-8)4-5-17-16-9(14)15/h1-3,6,9,14-15H,4-5,17H2. The van der Waals surface area contributed by atoms with Gasteiger partial charge in [-0.2, -0.15) is 13.2 Å². The van der Waals surface area contributed by atoms with Crippen molar-refractivity contribution in [3.05, 3.63) is 35.4 Å². The summed E-state index contributed by atoms with van der Waals surface area (Å²) in [7, 11) is -1.11. The third kappa shape index (κ3) is 5.31. The Morgan fingerprint density at radius 3 is 2.59 bits per heavy atom. The summed E-state index contributed by atoms with van der Waals surface area (Å²) < 4.78 is 41.7. The minimum atomic E-state index is -4.33. The van der Waals surface area contributed by atoms with Gasteiger partial charge in [-0.25, -0.2) is 0 Å². The molecule has 0 aliphatic carbocycles. The predicted octanol–water partition coefficient (Wildman–Crippen LogP) is 1.03. The van der Waals surface area contributed by atoms with E-state index < -0.39 is 28.0 Å². The van der Waals surface area contributed by atoms with Gasteiger partial charge in [-0.15, -0.1) is 0 Å². The lowest BCUT2D eigenvalue weighted by Gasteiger charge is -2.09. The van der Waals surface area contributed by atoms with Gasteiger partial charge in [-0.3, -0.25) is 0 Å². The topological polar surface area (TPSA) is 49.7 Å². The lowest BCUT2D eigenvalue weighted by atomic mass is 10.1. The fourth-order valence-electron chi connectivity index (χ4n) is 1.37. The van der Waals surface area contributed by atoms with Crippen LogP contribution in [0, 0.1) is 0 Å². The molecule has 2 N–H and O–H groups in total. The van der Waals surface area contributed by atoms with E-state index in [4.69, 9.17) is 10.2 Å². The summed E-state index contributed by atoms with van der Waals surface area (Å²) in [5, 5.41) is 16.8. The Balaban J connectivity index is 2.49.